The molecule has 2 saturated heterocycles. The predicted octanol–water partition coefficient (Wildman–Crippen LogP) is 3.89. The van der Waals surface area contributed by atoms with E-state index in [1.54, 1.807) is 12.1 Å². The van der Waals surface area contributed by atoms with E-state index in [4.69, 9.17) is 11.6 Å². The van der Waals surface area contributed by atoms with E-state index < -0.39 is 0 Å². The first-order valence-electron chi connectivity index (χ1n) is 8.91. The third-order valence-corrected chi connectivity index (χ3v) is 6.89. The number of thioether (sulfide) groups is 1. The zero-order valence-corrected chi connectivity index (χ0v) is 16.4. The van der Waals surface area contributed by atoms with Gasteiger partial charge in [-0.15, -0.1) is 11.8 Å². The molecule has 0 saturated carbocycles. The summed E-state index contributed by atoms with van der Waals surface area (Å²) in [5.41, 5.74) is 0.573. The minimum Gasteiger partial charge on any atom is -0.342 e. The number of hydrogen-bond acceptors (Lipinski definition) is 3. The molecule has 1 aromatic rings. The number of benzene rings is 1. The molecule has 0 bridgehead atoms. The van der Waals surface area contributed by atoms with Gasteiger partial charge in [0, 0.05) is 31.8 Å². The van der Waals surface area contributed by atoms with Crippen LogP contribution >= 0.6 is 23.4 Å². The fourth-order valence-corrected chi connectivity index (χ4v) is 5.35. The van der Waals surface area contributed by atoms with E-state index >= 15 is 0 Å². The second-order valence-corrected chi connectivity index (χ2v) is 9.07. The van der Waals surface area contributed by atoms with Gasteiger partial charge in [0.2, 0.25) is 5.91 Å². The molecule has 6 heteroatoms. The van der Waals surface area contributed by atoms with Crippen LogP contribution in [0.1, 0.15) is 43.5 Å². The number of piperidine rings is 1. The maximum absolute atomic E-state index is 13.0. The van der Waals surface area contributed by atoms with Crippen LogP contribution in [-0.4, -0.2) is 51.9 Å². The molecule has 0 N–H and O–H groups in total. The number of nitrogens with zero attached hydrogens (tertiary/aromatic N) is 2. The van der Waals surface area contributed by atoms with Crippen molar-refractivity contribution in [2.75, 3.05) is 25.4 Å². The van der Waals surface area contributed by atoms with E-state index in [0.29, 0.717) is 22.9 Å². The van der Waals surface area contributed by atoms with E-state index in [2.05, 4.69) is 13.8 Å². The average molecular weight is 381 g/mol. The zero-order valence-electron chi connectivity index (χ0n) is 14.8. The molecule has 136 valence electrons. The molecule has 25 heavy (non-hydrogen) atoms. The van der Waals surface area contributed by atoms with Gasteiger partial charge in [-0.1, -0.05) is 37.6 Å². The van der Waals surface area contributed by atoms with Gasteiger partial charge in [-0.2, -0.15) is 0 Å². The zero-order chi connectivity index (χ0) is 18.0. The first kappa shape index (κ1) is 18.6. The van der Waals surface area contributed by atoms with Gasteiger partial charge in [-0.25, -0.2) is 0 Å². The Labute approximate surface area is 158 Å². The van der Waals surface area contributed by atoms with E-state index in [0.717, 1.165) is 38.2 Å². The number of halogens is 1. The van der Waals surface area contributed by atoms with Crippen LogP contribution in [0.3, 0.4) is 0 Å². The summed E-state index contributed by atoms with van der Waals surface area (Å²) in [7, 11) is 0. The highest BCUT2D eigenvalue weighted by atomic mass is 35.5. The molecule has 1 aromatic carbocycles. The number of carbonyl (C=O) groups is 2. The van der Waals surface area contributed by atoms with E-state index in [1.165, 1.54) is 0 Å². The molecule has 0 atom stereocenters. The van der Waals surface area contributed by atoms with Crippen LogP contribution in [-0.2, 0) is 4.79 Å². The Morgan fingerprint density at radius 3 is 2.52 bits per heavy atom. The van der Waals surface area contributed by atoms with Crippen molar-refractivity contribution >= 4 is 35.2 Å². The standard InChI is InChI=1S/C19H25ClN2O2S/c1-14(2)13-17(23)21-9-7-19(8-10-21)22(11-12-25-19)18(24)15-5-3-4-6-16(15)20/h3-6,14H,7-13H2,1-2H3. The normalized spacial score (nSPS) is 19.7. The fraction of sp³-hybridized carbons (Fsp3) is 0.579. The molecule has 4 nitrogen and oxygen atoms in total. The molecule has 2 amide bonds. The predicted molar refractivity (Wildman–Crippen MR) is 103 cm³/mol. The Bertz CT molecular complexity index is 657. The van der Waals surface area contributed by atoms with E-state index in [-0.39, 0.29) is 16.7 Å². The SMILES string of the molecule is CC(C)CC(=O)N1CCC2(CC1)SCCN2C(=O)c1ccccc1Cl. The quantitative estimate of drug-likeness (QED) is 0.798. The van der Waals surface area contributed by atoms with Crippen molar-refractivity contribution in [3.05, 3.63) is 34.9 Å². The molecule has 1 spiro atoms. The Morgan fingerprint density at radius 2 is 1.88 bits per heavy atom. The lowest BCUT2D eigenvalue weighted by atomic mass is 9.99. The summed E-state index contributed by atoms with van der Waals surface area (Å²) in [5.74, 6) is 1.56. The topological polar surface area (TPSA) is 40.6 Å². The van der Waals surface area contributed by atoms with Crippen LogP contribution in [0.4, 0.5) is 0 Å². The summed E-state index contributed by atoms with van der Waals surface area (Å²) >= 11 is 8.09. The van der Waals surface area contributed by atoms with Crippen molar-refractivity contribution in [1.82, 2.24) is 9.80 Å². The first-order chi connectivity index (χ1) is 11.9. The molecule has 0 unspecified atom stereocenters. The molecule has 0 aromatic heterocycles. The molecule has 2 fully saturated rings. The van der Waals surface area contributed by atoms with Crippen LogP contribution in [0.5, 0.6) is 0 Å². The lowest BCUT2D eigenvalue weighted by Crippen LogP contribution is -2.53. The molecule has 2 heterocycles. The minimum atomic E-state index is -0.190. The molecule has 2 aliphatic rings. The second-order valence-electron chi connectivity index (χ2n) is 7.21. The molecular weight excluding hydrogens is 356 g/mol. The van der Waals surface area contributed by atoms with Crippen molar-refractivity contribution in [2.24, 2.45) is 5.92 Å². The number of hydrogen-bond donors (Lipinski definition) is 0. The van der Waals surface area contributed by atoms with Gasteiger partial charge < -0.3 is 9.80 Å². The van der Waals surface area contributed by atoms with Crippen molar-refractivity contribution in [3.63, 3.8) is 0 Å². The van der Waals surface area contributed by atoms with Crippen LogP contribution in [0, 0.1) is 5.92 Å². The Kier molecular flexibility index (Phi) is 5.64. The molecule has 3 rings (SSSR count). The summed E-state index contributed by atoms with van der Waals surface area (Å²) in [5, 5.41) is 0.504. The van der Waals surface area contributed by atoms with Gasteiger partial charge >= 0.3 is 0 Å². The Balaban J connectivity index is 1.71. The third-order valence-electron chi connectivity index (χ3n) is 5.01. The number of likely N-dealkylation sites (tertiary alicyclic amines) is 1. The lowest BCUT2D eigenvalue weighted by molar-refractivity contribution is -0.133. The average Bonchev–Trinajstić information content (AvgIpc) is 2.98. The summed E-state index contributed by atoms with van der Waals surface area (Å²) < 4.78 is 0. The first-order valence-corrected chi connectivity index (χ1v) is 10.3. The highest BCUT2D eigenvalue weighted by molar-refractivity contribution is 8.00. The van der Waals surface area contributed by atoms with Crippen LogP contribution in [0.25, 0.3) is 0 Å². The monoisotopic (exact) mass is 380 g/mol. The highest BCUT2D eigenvalue weighted by Gasteiger charge is 2.47. The lowest BCUT2D eigenvalue weighted by Gasteiger charge is -2.44. The van der Waals surface area contributed by atoms with Gasteiger partial charge in [-0.3, -0.25) is 9.59 Å². The van der Waals surface area contributed by atoms with Crippen molar-refractivity contribution in [1.29, 1.82) is 0 Å². The van der Waals surface area contributed by atoms with Crippen molar-refractivity contribution in [3.8, 4) is 0 Å². The van der Waals surface area contributed by atoms with Gasteiger partial charge in [0.25, 0.3) is 5.91 Å². The maximum atomic E-state index is 13.0. The molecule has 2 aliphatic heterocycles. The number of rotatable bonds is 3. The summed E-state index contributed by atoms with van der Waals surface area (Å²) in [6.45, 7) is 6.34. The summed E-state index contributed by atoms with van der Waals surface area (Å²) in [6, 6.07) is 7.25. The number of amides is 2. The molecule has 0 radical (unpaired) electrons. The largest absolute Gasteiger partial charge is 0.342 e. The van der Waals surface area contributed by atoms with Crippen LogP contribution < -0.4 is 0 Å². The summed E-state index contributed by atoms with van der Waals surface area (Å²) in [6.07, 6.45) is 2.26. The maximum Gasteiger partial charge on any atom is 0.256 e. The smallest absolute Gasteiger partial charge is 0.256 e. The third kappa shape index (κ3) is 3.82. The van der Waals surface area contributed by atoms with E-state index in [1.807, 2.05) is 33.7 Å². The van der Waals surface area contributed by atoms with Gasteiger partial charge in [0.1, 0.15) is 0 Å². The highest BCUT2D eigenvalue weighted by Crippen LogP contribution is 2.45. The number of carbonyl (C=O) groups excluding carboxylic acids is 2. The second kappa shape index (κ2) is 7.58. The van der Waals surface area contributed by atoms with Crippen LogP contribution in [0.2, 0.25) is 5.02 Å². The van der Waals surface area contributed by atoms with E-state index in [9.17, 15) is 9.59 Å². The fourth-order valence-electron chi connectivity index (χ4n) is 3.67. The van der Waals surface area contributed by atoms with Crippen molar-refractivity contribution in [2.45, 2.75) is 38.0 Å². The molecular formula is C19H25ClN2O2S. The van der Waals surface area contributed by atoms with Gasteiger partial charge in [-0.05, 0) is 30.9 Å². The Hall–Kier alpha value is -1.20. The minimum absolute atomic E-state index is 0.0116. The Morgan fingerprint density at radius 1 is 1.20 bits per heavy atom. The van der Waals surface area contributed by atoms with Crippen LogP contribution in [0.15, 0.2) is 24.3 Å². The molecule has 0 aliphatic carbocycles. The summed E-state index contributed by atoms with van der Waals surface area (Å²) in [4.78, 5) is 29.1. The van der Waals surface area contributed by atoms with Gasteiger partial charge in [0.05, 0.1) is 15.5 Å². The van der Waals surface area contributed by atoms with Crippen molar-refractivity contribution < 1.29 is 9.59 Å². The van der Waals surface area contributed by atoms with Gasteiger partial charge in [0.15, 0.2) is 0 Å².